The molecule has 118 valence electrons. The molecular weight excluding hydrogens is 274 g/mol. The highest BCUT2D eigenvalue weighted by molar-refractivity contribution is 5.81. The Kier molecular flexibility index (Phi) is 4.75. The standard InChI is InChI=1S/C18H25N3O/c1-17(2,16(22)19-3)13-10-14-6-8-15(9-7-14)21-18(20-4)11-5-12-18/h6-9,21H,5,10-13H2,1-3H3,(H,19,22). The SMILES string of the molecule is [C-]#[N+]C1(Nc2ccc(CCC(C)(C)C(=O)NC)cc2)CCC1. The van der Waals surface area contributed by atoms with Crippen LogP contribution in [0.25, 0.3) is 4.85 Å². The van der Waals surface area contributed by atoms with Crippen molar-refractivity contribution in [2.24, 2.45) is 5.41 Å². The van der Waals surface area contributed by atoms with Crippen molar-refractivity contribution in [3.05, 3.63) is 41.2 Å². The van der Waals surface area contributed by atoms with E-state index in [1.807, 2.05) is 26.0 Å². The van der Waals surface area contributed by atoms with Gasteiger partial charge in [-0.15, -0.1) is 0 Å². The predicted octanol–water partition coefficient (Wildman–Crippen LogP) is 3.60. The van der Waals surface area contributed by atoms with Gasteiger partial charge < -0.3 is 10.6 Å². The number of hydrogen-bond acceptors (Lipinski definition) is 2. The molecule has 4 heteroatoms. The molecule has 0 bridgehead atoms. The second-order valence-corrected chi connectivity index (χ2v) is 6.78. The number of benzene rings is 1. The van der Waals surface area contributed by atoms with Crippen LogP contribution in [0.2, 0.25) is 0 Å². The van der Waals surface area contributed by atoms with Gasteiger partial charge in [-0.1, -0.05) is 26.0 Å². The molecule has 22 heavy (non-hydrogen) atoms. The molecule has 0 unspecified atom stereocenters. The van der Waals surface area contributed by atoms with Crippen LogP contribution < -0.4 is 10.6 Å². The van der Waals surface area contributed by atoms with Crippen LogP contribution in [0, 0.1) is 12.0 Å². The Hall–Kier alpha value is -2.02. The van der Waals surface area contributed by atoms with Crippen LogP contribution in [-0.4, -0.2) is 18.6 Å². The fourth-order valence-electron chi connectivity index (χ4n) is 2.71. The monoisotopic (exact) mass is 299 g/mol. The maximum atomic E-state index is 11.8. The van der Waals surface area contributed by atoms with E-state index in [1.165, 1.54) is 5.56 Å². The van der Waals surface area contributed by atoms with Crippen LogP contribution in [0.3, 0.4) is 0 Å². The molecule has 1 aliphatic carbocycles. The number of aryl methyl sites for hydroxylation is 1. The highest BCUT2D eigenvalue weighted by Gasteiger charge is 2.43. The number of carbonyl (C=O) groups excluding carboxylic acids is 1. The van der Waals surface area contributed by atoms with E-state index < -0.39 is 0 Å². The summed E-state index contributed by atoms with van der Waals surface area (Å²) in [4.78, 5) is 15.5. The van der Waals surface area contributed by atoms with Gasteiger partial charge in [0.15, 0.2) is 0 Å². The quantitative estimate of drug-likeness (QED) is 0.788. The van der Waals surface area contributed by atoms with Gasteiger partial charge in [0.2, 0.25) is 5.91 Å². The van der Waals surface area contributed by atoms with Gasteiger partial charge in [0.25, 0.3) is 0 Å². The zero-order valence-electron chi connectivity index (χ0n) is 13.7. The van der Waals surface area contributed by atoms with Crippen molar-refractivity contribution in [1.29, 1.82) is 0 Å². The largest absolute Gasteiger partial charge is 0.359 e. The molecule has 0 aromatic heterocycles. The smallest absolute Gasteiger partial charge is 0.305 e. The molecule has 1 amide bonds. The van der Waals surface area contributed by atoms with Gasteiger partial charge in [-0.3, -0.25) is 9.64 Å². The zero-order valence-corrected chi connectivity index (χ0v) is 13.7. The molecule has 2 rings (SSSR count). The Labute approximate surface area is 133 Å². The van der Waals surface area contributed by atoms with E-state index in [4.69, 9.17) is 6.57 Å². The lowest BCUT2D eigenvalue weighted by Gasteiger charge is -2.31. The molecule has 1 aromatic carbocycles. The fourth-order valence-corrected chi connectivity index (χ4v) is 2.71. The van der Waals surface area contributed by atoms with Crippen molar-refractivity contribution in [3.8, 4) is 0 Å². The summed E-state index contributed by atoms with van der Waals surface area (Å²) < 4.78 is 0. The number of carbonyl (C=O) groups is 1. The van der Waals surface area contributed by atoms with Gasteiger partial charge in [-0.25, -0.2) is 6.57 Å². The lowest BCUT2D eigenvalue weighted by molar-refractivity contribution is -0.129. The first kappa shape index (κ1) is 16.4. The molecule has 0 saturated heterocycles. The summed E-state index contributed by atoms with van der Waals surface area (Å²) in [7, 11) is 1.68. The summed E-state index contributed by atoms with van der Waals surface area (Å²) in [5.41, 5.74) is 1.49. The van der Waals surface area contributed by atoms with E-state index in [1.54, 1.807) is 7.05 Å². The zero-order chi connectivity index (χ0) is 16.2. The van der Waals surface area contributed by atoms with Gasteiger partial charge in [0.1, 0.15) is 0 Å². The van der Waals surface area contributed by atoms with E-state index in [0.29, 0.717) is 0 Å². The van der Waals surface area contributed by atoms with Gasteiger partial charge >= 0.3 is 5.66 Å². The summed E-state index contributed by atoms with van der Waals surface area (Å²) in [6.07, 6.45) is 4.67. The van der Waals surface area contributed by atoms with Gasteiger partial charge in [-0.05, 0) is 37.0 Å². The molecule has 0 heterocycles. The minimum Gasteiger partial charge on any atom is -0.359 e. The van der Waals surface area contributed by atoms with E-state index >= 15 is 0 Å². The lowest BCUT2D eigenvalue weighted by atomic mass is 9.85. The van der Waals surface area contributed by atoms with Crippen LogP contribution in [0.1, 0.15) is 45.1 Å². The van der Waals surface area contributed by atoms with Gasteiger partial charge in [0.05, 0.1) is 0 Å². The van der Waals surface area contributed by atoms with Crippen LogP contribution in [0.15, 0.2) is 24.3 Å². The number of amides is 1. The highest BCUT2D eigenvalue weighted by Crippen LogP contribution is 2.36. The number of nitrogens with zero attached hydrogens (tertiary/aromatic N) is 1. The third-order valence-electron chi connectivity index (χ3n) is 4.61. The Morgan fingerprint density at radius 1 is 1.32 bits per heavy atom. The number of anilines is 1. The van der Waals surface area contributed by atoms with E-state index in [-0.39, 0.29) is 17.0 Å². The normalized spacial score (nSPS) is 16.3. The maximum Gasteiger partial charge on any atom is 0.305 e. The first-order chi connectivity index (χ1) is 10.4. The second kappa shape index (κ2) is 6.39. The maximum absolute atomic E-state index is 11.8. The molecule has 1 aromatic rings. The molecule has 0 radical (unpaired) electrons. The van der Waals surface area contributed by atoms with Crippen LogP contribution in [0.4, 0.5) is 5.69 Å². The van der Waals surface area contributed by atoms with Crippen molar-refractivity contribution < 1.29 is 4.79 Å². The molecule has 1 aliphatic rings. The second-order valence-electron chi connectivity index (χ2n) is 6.78. The summed E-state index contributed by atoms with van der Waals surface area (Å²) >= 11 is 0. The average molecular weight is 299 g/mol. The van der Waals surface area contributed by atoms with Crippen molar-refractivity contribution in [3.63, 3.8) is 0 Å². The molecular formula is C18H25N3O. The van der Waals surface area contributed by atoms with Crippen molar-refractivity contribution in [2.75, 3.05) is 12.4 Å². The predicted molar refractivity (Wildman–Crippen MR) is 89.4 cm³/mol. The minimum absolute atomic E-state index is 0.0785. The van der Waals surface area contributed by atoms with Crippen LogP contribution >= 0.6 is 0 Å². The number of hydrogen-bond donors (Lipinski definition) is 2. The summed E-state index contributed by atoms with van der Waals surface area (Å²) in [5.74, 6) is 0.0785. The van der Waals surface area contributed by atoms with E-state index in [0.717, 1.165) is 37.8 Å². The fraction of sp³-hybridized carbons (Fsp3) is 0.556. The first-order valence-electron chi connectivity index (χ1n) is 7.89. The number of nitrogens with one attached hydrogen (secondary N) is 2. The summed E-state index contributed by atoms with van der Waals surface area (Å²) in [6.45, 7) is 11.3. The minimum atomic E-state index is -0.372. The van der Waals surface area contributed by atoms with Crippen molar-refractivity contribution in [1.82, 2.24) is 5.32 Å². The molecule has 1 fully saturated rings. The molecule has 4 nitrogen and oxygen atoms in total. The summed E-state index contributed by atoms with van der Waals surface area (Å²) in [5, 5.41) is 6.07. The Morgan fingerprint density at radius 2 is 1.95 bits per heavy atom. The average Bonchev–Trinajstić information content (AvgIpc) is 2.49. The lowest BCUT2D eigenvalue weighted by Crippen LogP contribution is -2.41. The molecule has 0 spiro atoms. The third-order valence-corrected chi connectivity index (χ3v) is 4.61. The van der Waals surface area contributed by atoms with Crippen molar-refractivity contribution in [2.45, 2.75) is 51.6 Å². The van der Waals surface area contributed by atoms with E-state index in [2.05, 4.69) is 27.6 Å². The molecule has 0 atom stereocenters. The Bertz CT molecular complexity index is 565. The van der Waals surface area contributed by atoms with Gasteiger partial charge in [-0.2, -0.15) is 0 Å². The summed E-state index contributed by atoms with van der Waals surface area (Å²) in [6, 6.07) is 8.23. The topological polar surface area (TPSA) is 45.5 Å². The Morgan fingerprint density at radius 3 is 2.41 bits per heavy atom. The molecule has 2 N–H and O–H groups in total. The van der Waals surface area contributed by atoms with Crippen LogP contribution in [0.5, 0.6) is 0 Å². The van der Waals surface area contributed by atoms with Crippen molar-refractivity contribution >= 4 is 11.6 Å². The molecule has 1 saturated carbocycles. The molecule has 0 aliphatic heterocycles. The van der Waals surface area contributed by atoms with Crippen LogP contribution in [-0.2, 0) is 11.2 Å². The third kappa shape index (κ3) is 3.59. The Balaban J connectivity index is 1.92. The van der Waals surface area contributed by atoms with E-state index in [9.17, 15) is 4.79 Å². The van der Waals surface area contributed by atoms with Gasteiger partial charge in [0, 0.05) is 31.0 Å². The highest BCUT2D eigenvalue weighted by atomic mass is 16.2. The first-order valence-corrected chi connectivity index (χ1v) is 7.89. The number of rotatable bonds is 6.